The Morgan fingerprint density at radius 2 is 2.16 bits per heavy atom. The minimum absolute atomic E-state index is 0.616. The summed E-state index contributed by atoms with van der Waals surface area (Å²) in [6, 6.07) is 6.31. The predicted molar refractivity (Wildman–Crippen MR) is 108 cm³/mol. The number of thiazole rings is 1. The standard InChI is InChI=1S/C20H24N4S/c1-4-6-7-15(5-2)10-18-14(3)24(13-22-18)12-16-8-9-17-19(11-16)25-20(21)23-17/h6-11,13H,4-5,12H2,1-3H3,(H2,21,23)/b7-6+,15-10-. The SMILES string of the molecule is CC/C=C/C(=C\c1ncn(Cc2ccc3nc(N)sc3c2)c1C)CC. The Kier molecular flexibility index (Phi) is 5.34. The molecule has 0 saturated carbocycles. The zero-order valence-corrected chi connectivity index (χ0v) is 15.8. The van der Waals surface area contributed by atoms with Gasteiger partial charge >= 0.3 is 0 Å². The lowest BCUT2D eigenvalue weighted by Crippen LogP contribution is -2.00. The van der Waals surface area contributed by atoms with Crippen LogP contribution in [0.1, 0.15) is 43.6 Å². The van der Waals surface area contributed by atoms with Crippen molar-refractivity contribution < 1.29 is 0 Å². The lowest BCUT2D eigenvalue weighted by Gasteiger charge is -2.06. The van der Waals surface area contributed by atoms with Gasteiger partial charge in [-0.2, -0.15) is 0 Å². The zero-order valence-electron chi connectivity index (χ0n) is 15.0. The molecule has 2 aromatic heterocycles. The maximum Gasteiger partial charge on any atom is 0.181 e. The molecule has 0 aliphatic heterocycles. The molecule has 0 aliphatic rings. The molecule has 0 saturated heterocycles. The number of imidazole rings is 1. The van der Waals surface area contributed by atoms with Crippen LogP contribution in [0, 0.1) is 6.92 Å². The predicted octanol–water partition coefficient (Wildman–Crippen LogP) is 5.19. The van der Waals surface area contributed by atoms with Crippen molar-refractivity contribution in [2.75, 3.05) is 5.73 Å². The average molecular weight is 353 g/mol. The van der Waals surface area contributed by atoms with E-state index in [2.05, 4.69) is 65.7 Å². The number of allylic oxidation sites excluding steroid dienone is 3. The van der Waals surface area contributed by atoms with E-state index in [0.29, 0.717) is 5.13 Å². The van der Waals surface area contributed by atoms with E-state index in [-0.39, 0.29) is 0 Å². The van der Waals surface area contributed by atoms with Gasteiger partial charge in [0.25, 0.3) is 0 Å². The van der Waals surface area contributed by atoms with E-state index in [9.17, 15) is 0 Å². The number of nitrogens with zero attached hydrogens (tertiary/aromatic N) is 3. The van der Waals surface area contributed by atoms with Crippen LogP contribution in [0.25, 0.3) is 16.3 Å². The Hall–Kier alpha value is -2.40. The van der Waals surface area contributed by atoms with Crippen molar-refractivity contribution in [1.29, 1.82) is 0 Å². The zero-order chi connectivity index (χ0) is 17.8. The third-order valence-electron chi connectivity index (χ3n) is 4.26. The summed E-state index contributed by atoms with van der Waals surface area (Å²) in [5.74, 6) is 0. The number of anilines is 1. The summed E-state index contributed by atoms with van der Waals surface area (Å²) in [5.41, 5.74) is 11.5. The van der Waals surface area contributed by atoms with Gasteiger partial charge in [0.1, 0.15) is 0 Å². The summed E-state index contributed by atoms with van der Waals surface area (Å²) in [7, 11) is 0. The van der Waals surface area contributed by atoms with Crippen LogP contribution in [0.15, 0.2) is 42.3 Å². The highest BCUT2D eigenvalue weighted by atomic mass is 32.1. The van der Waals surface area contributed by atoms with Crippen molar-refractivity contribution in [3.63, 3.8) is 0 Å². The Labute approximate surface area is 152 Å². The molecule has 2 N–H and O–H groups in total. The lowest BCUT2D eigenvalue weighted by atomic mass is 10.1. The monoisotopic (exact) mass is 352 g/mol. The first-order valence-electron chi connectivity index (χ1n) is 8.64. The Morgan fingerprint density at radius 1 is 1.32 bits per heavy atom. The fourth-order valence-corrected chi connectivity index (χ4v) is 3.55. The molecule has 3 rings (SSSR count). The Balaban J connectivity index is 1.84. The van der Waals surface area contributed by atoms with E-state index < -0.39 is 0 Å². The molecule has 130 valence electrons. The van der Waals surface area contributed by atoms with Crippen molar-refractivity contribution >= 4 is 32.8 Å². The van der Waals surface area contributed by atoms with Gasteiger partial charge in [0, 0.05) is 12.2 Å². The van der Waals surface area contributed by atoms with E-state index in [0.717, 1.165) is 35.3 Å². The highest BCUT2D eigenvalue weighted by Crippen LogP contribution is 2.25. The average Bonchev–Trinajstić information content (AvgIpc) is 3.14. The number of benzene rings is 1. The number of aromatic nitrogens is 3. The van der Waals surface area contributed by atoms with Crippen molar-refractivity contribution in [1.82, 2.24) is 14.5 Å². The molecule has 0 bridgehead atoms. The van der Waals surface area contributed by atoms with Crippen LogP contribution < -0.4 is 5.73 Å². The van der Waals surface area contributed by atoms with E-state index in [1.807, 2.05) is 12.4 Å². The Morgan fingerprint density at radius 3 is 2.92 bits per heavy atom. The molecule has 5 heteroatoms. The minimum Gasteiger partial charge on any atom is -0.375 e. The molecule has 0 fully saturated rings. The molecule has 0 spiro atoms. The van der Waals surface area contributed by atoms with Crippen LogP contribution in [0.2, 0.25) is 0 Å². The topological polar surface area (TPSA) is 56.7 Å². The number of nitrogen functional groups attached to an aromatic ring is 1. The van der Waals surface area contributed by atoms with Crippen LogP contribution in [-0.2, 0) is 6.54 Å². The number of hydrogen-bond donors (Lipinski definition) is 1. The first-order chi connectivity index (χ1) is 12.1. The molecule has 25 heavy (non-hydrogen) atoms. The molecule has 0 unspecified atom stereocenters. The quantitative estimate of drug-likeness (QED) is 0.621. The van der Waals surface area contributed by atoms with Crippen LogP contribution in [0.4, 0.5) is 5.13 Å². The van der Waals surface area contributed by atoms with Crippen molar-refractivity contribution in [3.05, 3.63) is 59.2 Å². The molecule has 0 radical (unpaired) electrons. The highest BCUT2D eigenvalue weighted by Gasteiger charge is 2.07. The molecule has 0 atom stereocenters. The summed E-state index contributed by atoms with van der Waals surface area (Å²) in [5, 5.41) is 0.616. The van der Waals surface area contributed by atoms with Crippen LogP contribution in [-0.4, -0.2) is 14.5 Å². The third kappa shape index (κ3) is 3.99. The number of nitrogens with two attached hydrogens (primary N) is 1. The van der Waals surface area contributed by atoms with Gasteiger partial charge in [-0.05, 0) is 49.1 Å². The maximum atomic E-state index is 5.80. The number of fused-ring (bicyclic) bond motifs is 1. The van der Waals surface area contributed by atoms with Gasteiger partial charge in [-0.15, -0.1) is 0 Å². The van der Waals surface area contributed by atoms with Gasteiger partial charge in [-0.1, -0.05) is 43.4 Å². The maximum absolute atomic E-state index is 5.80. The van der Waals surface area contributed by atoms with Gasteiger partial charge in [-0.25, -0.2) is 9.97 Å². The highest BCUT2D eigenvalue weighted by molar-refractivity contribution is 7.22. The molecule has 0 amide bonds. The van der Waals surface area contributed by atoms with Gasteiger partial charge in [0.05, 0.1) is 22.2 Å². The van der Waals surface area contributed by atoms with Gasteiger partial charge < -0.3 is 10.3 Å². The van der Waals surface area contributed by atoms with E-state index in [1.54, 1.807) is 0 Å². The second-order valence-electron chi connectivity index (χ2n) is 6.08. The van der Waals surface area contributed by atoms with Crippen LogP contribution in [0.5, 0.6) is 0 Å². The molecule has 3 aromatic rings. The summed E-state index contributed by atoms with van der Waals surface area (Å²) >= 11 is 1.53. The summed E-state index contributed by atoms with van der Waals surface area (Å²) in [6.45, 7) is 7.25. The Bertz CT molecular complexity index is 930. The molecule has 0 aliphatic carbocycles. The third-order valence-corrected chi connectivity index (χ3v) is 5.11. The fourth-order valence-electron chi connectivity index (χ4n) is 2.75. The molecule has 2 heterocycles. The van der Waals surface area contributed by atoms with Crippen LogP contribution >= 0.6 is 11.3 Å². The first-order valence-corrected chi connectivity index (χ1v) is 9.46. The van der Waals surface area contributed by atoms with Gasteiger partial charge in [0.2, 0.25) is 0 Å². The van der Waals surface area contributed by atoms with Crippen molar-refractivity contribution in [3.8, 4) is 0 Å². The van der Waals surface area contributed by atoms with Crippen LogP contribution in [0.3, 0.4) is 0 Å². The smallest absolute Gasteiger partial charge is 0.181 e. The van der Waals surface area contributed by atoms with Gasteiger partial charge in [-0.3, -0.25) is 0 Å². The van der Waals surface area contributed by atoms with Crippen molar-refractivity contribution in [2.24, 2.45) is 0 Å². The second-order valence-corrected chi connectivity index (χ2v) is 7.14. The van der Waals surface area contributed by atoms with E-state index in [1.165, 1.54) is 28.2 Å². The molecule has 1 aromatic carbocycles. The lowest BCUT2D eigenvalue weighted by molar-refractivity contribution is 0.771. The second kappa shape index (κ2) is 7.66. The van der Waals surface area contributed by atoms with E-state index in [4.69, 9.17) is 5.73 Å². The summed E-state index contributed by atoms with van der Waals surface area (Å²) in [6.07, 6.45) is 10.5. The van der Waals surface area contributed by atoms with E-state index >= 15 is 0 Å². The summed E-state index contributed by atoms with van der Waals surface area (Å²) < 4.78 is 3.32. The van der Waals surface area contributed by atoms with Gasteiger partial charge in [0.15, 0.2) is 5.13 Å². The molecular formula is C20H24N4S. The number of rotatable bonds is 6. The number of hydrogen-bond acceptors (Lipinski definition) is 4. The van der Waals surface area contributed by atoms with Crippen molar-refractivity contribution in [2.45, 2.75) is 40.2 Å². The molecular weight excluding hydrogens is 328 g/mol. The minimum atomic E-state index is 0.616. The summed E-state index contributed by atoms with van der Waals surface area (Å²) in [4.78, 5) is 8.91. The molecule has 4 nitrogen and oxygen atoms in total. The first kappa shape index (κ1) is 17.4. The fraction of sp³-hybridized carbons (Fsp3) is 0.300. The largest absolute Gasteiger partial charge is 0.375 e. The normalized spacial score (nSPS) is 12.5.